The van der Waals surface area contributed by atoms with E-state index in [2.05, 4.69) is 33.1 Å². The minimum Gasteiger partial charge on any atom is -0.504 e. The molecule has 0 aliphatic carbocycles. The second kappa shape index (κ2) is 7.64. The largest absolute Gasteiger partial charge is 0.504 e. The number of rotatable bonds is 5. The number of hydrazone groups is 1. The number of carbonyl (C=O) groups is 1. The molecule has 0 aromatic heterocycles. The number of hydrogen-bond donors (Lipinski definition) is 3. The van der Waals surface area contributed by atoms with Crippen molar-refractivity contribution in [3.63, 3.8) is 0 Å². The van der Waals surface area contributed by atoms with E-state index in [9.17, 15) is 15.0 Å². The van der Waals surface area contributed by atoms with Gasteiger partial charge in [0.1, 0.15) is 5.75 Å². The molecule has 2 rings (SSSR count). The number of amides is 1. The van der Waals surface area contributed by atoms with Gasteiger partial charge in [-0.1, -0.05) is 0 Å². The third-order valence-corrected chi connectivity index (χ3v) is 3.31. The molecule has 2 aromatic rings. The fourth-order valence-electron chi connectivity index (χ4n) is 1.51. The van der Waals surface area contributed by atoms with Crippen LogP contribution in [0.5, 0.6) is 17.2 Å². The molecular formula is C15H13IN2O4. The molecule has 7 heteroatoms. The van der Waals surface area contributed by atoms with E-state index in [0.29, 0.717) is 11.3 Å². The summed E-state index contributed by atoms with van der Waals surface area (Å²) in [5, 5.41) is 22.2. The first-order chi connectivity index (χ1) is 10.5. The number of carbonyl (C=O) groups excluding carboxylic acids is 1. The Hall–Kier alpha value is -2.29. The predicted molar refractivity (Wildman–Crippen MR) is 90.2 cm³/mol. The van der Waals surface area contributed by atoms with Crippen LogP contribution in [0.15, 0.2) is 47.6 Å². The standard InChI is InChI=1S/C15H13IN2O4/c16-11-2-4-12(5-3-11)22-9-15(21)18-17-8-10-1-6-13(19)14(20)7-10/h1-8,19-20H,9H2,(H,18,21)/b17-8+. The van der Waals surface area contributed by atoms with Crippen LogP contribution in [-0.2, 0) is 4.79 Å². The lowest BCUT2D eigenvalue weighted by Gasteiger charge is -2.04. The van der Waals surface area contributed by atoms with Gasteiger partial charge in [-0.25, -0.2) is 5.43 Å². The van der Waals surface area contributed by atoms with Crippen molar-refractivity contribution in [1.29, 1.82) is 0 Å². The lowest BCUT2D eigenvalue weighted by atomic mass is 10.2. The third kappa shape index (κ3) is 4.92. The SMILES string of the molecule is O=C(COc1ccc(I)cc1)N/N=C/c1ccc(O)c(O)c1. The molecule has 3 N–H and O–H groups in total. The van der Waals surface area contributed by atoms with E-state index < -0.39 is 5.91 Å². The Morgan fingerprint density at radius 2 is 1.91 bits per heavy atom. The molecule has 22 heavy (non-hydrogen) atoms. The summed E-state index contributed by atoms with van der Waals surface area (Å²) in [6.07, 6.45) is 1.35. The van der Waals surface area contributed by atoms with Crippen molar-refractivity contribution >= 4 is 34.7 Å². The Balaban J connectivity index is 1.80. The molecule has 0 saturated carbocycles. The lowest BCUT2D eigenvalue weighted by Crippen LogP contribution is -2.24. The van der Waals surface area contributed by atoms with Crippen LogP contribution in [0.1, 0.15) is 5.56 Å². The normalized spacial score (nSPS) is 10.6. The number of ether oxygens (including phenoxy) is 1. The summed E-state index contributed by atoms with van der Waals surface area (Å²) in [5.41, 5.74) is 2.84. The maximum atomic E-state index is 11.6. The molecular weight excluding hydrogens is 399 g/mol. The molecule has 0 unspecified atom stereocenters. The van der Waals surface area contributed by atoms with Crippen LogP contribution in [0.3, 0.4) is 0 Å². The van der Waals surface area contributed by atoms with Gasteiger partial charge in [0.25, 0.3) is 5.91 Å². The second-order valence-corrected chi connectivity index (χ2v) is 5.53. The number of phenolic OH excluding ortho intramolecular Hbond substituents is 2. The van der Waals surface area contributed by atoms with Crippen LogP contribution in [0, 0.1) is 3.57 Å². The summed E-state index contributed by atoms with van der Waals surface area (Å²) in [6.45, 7) is -0.154. The quantitative estimate of drug-likeness (QED) is 0.304. The van der Waals surface area contributed by atoms with E-state index in [1.54, 1.807) is 18.2 Å². The van der Waals surface area contributed by atoms with Crippen molar-refractivity contribution in [2.75, 3.05) is 6.61 Å². The number of nitrogens with zero attached hydrogens (tertiary/aromatic N) is 1. The zero-order valence-corrected chi connectivity index (χ0v) is 13.5. The highest BCUT2D eigenvalue weighted by molar-refractivity contribution is 14.1. The van der Waals surface area contributed by atoms with Gasteiger partial charge in [0.2, 0.25) is 0 Å². The number of nitrogens with one attached hydrogen (secondary N) is 1. The highest BCUT2D eigenvalue weighted by Crippen LogP contribution is 2.23. The predicted octanol–water partition coefficient (Wildman–Crippen LogP) is 2.23. The van der Waals surface area contributed by atoms with Gasteiger partial charge < -0.3 is 14.9 Å². The smallest absolute Gasteiger partial charge is 0.277 e. The molecule has 0 saturated heterocycles. The monoisotopic (exact) mass is 412 g/mol. The Labute approximate surface area is 140 Å². The van der Waals surface area contributed by atoms with Gasteiger partial charge in [0, 0.05) is 3.57 Å². The minimum absolute atomic E-state index is 0.154. The number of benzene rings is 2. The highest BCUT2D eigenvalue weighted by atomic mass is 127. The van der Waals surface area contributed by atoms with Crippen LogP contribution < -0.4 is 10.2 Å². The summed E-state index contributed by atoms with van der Waals surface area (Å²) in [4.78, 5) is 11.6. The van der Waals surface area contributed by atoms with Crippen molar-refractivity contribution < 1.29 is 19.7 Å². The van der Waals surface area contributed by atoms with Crippen molar-refractivity contribution in [2.45, 2.75) is 0 Å². The van der Waals surface area contributed by atoms with E-state index in [4.69, 9.17) is 4.74 Å². The zero-order chi connectivity index (χ0) is 15.9. The van der Waals surface area contributed by atoms with E-state index >= 15 is 0 Å². The number of halogens is 1. The van der Waals surface area contributed by atoms with Crippen molar-refractivity contribution in [3.05, 3.63) is 51.6 Å². The number of phenols is 2. The number of hydrogen-bond acceptors (Lipinski definition) is 5. The molecule has 1 amide bonds. The third-order valence-electron chi connectivity index (χ3n) is 2.59. The summed E-state index contributed by atoms with van der Waals surface area (Å²) in [5.74, 6) is -0.273. The molecule has 0 atom stereocenters. The van der Waals surface area contributed by atoms with Gasteiger partial charge in [0.15, 0.2) is 18.1 Å². The Bertz CT molecular complexity index is 686. The molecule has 0 bridgehead atoms. The fourth-order valence-corrected chi connectivity index (χ4v) is 1.87. The van der Waals surface area contributed by atoms with Gasteiger partial charge in [-0.3, -0.25) is 4.79 Å². The Morgan fingerprint density at radius 3 is 2.59 bits per heavy atom. The van der Waals surface area contributed by atoms with Crippen LogP contribution in [0.2, 0.25) is 0 Å². The average Bonchev–Trinajstić information content (AvgIpc) is 2.50. The lowest BCUT2D eigenvalue weighted by molar-refractivity contribution is -0.123. The number of aromatic hydroxyl groups is 2. The molecule has 0 radical (unpaired) electrons. The topological polar surface area (TPSA) is 91.2 Å². The molecule has 2 aromatic carbocycles. The highest BCUT2D eigenvalue weighted by Gasteiger charge is 2.02. The van der Waals surface area contributed by atoms with Gasteiger partial charge in [0.05, 0.1) is 6.21 Å². The van der Waals surface area contributed by atoms with E-state index in [-0.39, 0.29) is 18.1 Å². The summed E-state index contributed by atoms with van der Waals surface area (Å²) in [6, 6.07) is 11.5. The fraction of sp³-hybridized carbons (Fsp3) is 0.0667. The second-order valence-electron chi connectivity index (χ2n) is 4.28. The van der Waals surface area contributed by atoms with Crippen molar-refractivity contribution in [3.8, 4) is 17.2 Å². The molecule has 0 aliphatic heterocycles. The molecule has 0 fully saturated rings. The maximum absolute atomic E-state index is 11.6. The summed E-state index contributed by atoms with van der Waals surface area (Å²) in [7, 11) is 0. The first kappa shape index (κ1) is 16.1. The Morgan fingerprint density at radius 1 is 1.18 bits per heavy atom. The van der Waals surface area contributed by atoms with E-state index in [1.807, 2.05) is 12.1 Å². The first-order valence-corrected chi connectivity index (χ1v) is 7.35. The average molecular weight is 412 g/mol. The van der Waals surface area contributed by atoms with Crippen molar-refractivity contribution in [1.82, 2.24) is 5.43 Å². The molecule has 0 heterocycles. The first-order valence-electron chi connectivity index (χ1n) is 6.27. The minimum atomic E-state index is -0.405. The Kier molecular flexibility index (Phi) is 5.59. The van der Waals surface area contributed by atoms with Crippen LogP contribution >= 0.6 is 22.6 Å². The summed E-state index contributed by atoms with van der Waals surface area (Å²) >= 11 is 2.18. The molecule has 0 aliphatic rings. The van der Waals surface area contributed by atoms with Gasteiger partial charge in [-0.15, -0.1) is 0 Å². The van der Waals surface area contributed by atoms with Crippen LogP contribution in [-0.4, -0.2) is 28.9 Å². The molecule has 114 valence electrons. The van der Waals surface area contributed by atoms with Crippen molar-refractivity contribution in [2.24, 2.45) is 5.10 Å². The van der Waals surface area contributed by atoms with Gasteiger partial charge >= 0.3 is 0 Å². The van der Waals surface area contributed by atoms with Crippen LogP contribution in [0.4, 0.5) is 0 Å². The van der Waals surface area contributed by atoms with E-state index in [0.717, 1.165) is 3.57 Å². The van der Waals surface area contributed by atoms with E-state index in [1.165, 1.54) is 18.3 Å². The van der Waals surface area contributed by atoms with Gasteiger partial charge in [-0.05, 0) is 70.6 Å². The van der Waals surface area contributed by atoms with Crippen LogP contribution in [0.25, 0.3) is 0 Å². The summed E-state index contributed by atoms with van der Waals surface area (Å²) < 4.78 is 6.38. The zero-order valence-electron chi connectivity index (χ0n) is 11.4. The molecule has 0 spiro atoms. The van der Waals surface area contributed by atoms with Gasteiger partial charge in [-0.2, -0.15) is 5.10 Å². The maximum Gasteiger partial charge on any atom is 0.277 e. The molecule has 6 nitrogen and oxygen atoms in total.